The van der Waals surface area contributed by atoms with Gasteiger partial charge in [0.15, 0.2) is 0 Å². The van der Waals surface area contributed by atoms with Crippen molar-refractivity contribution in [2.45, 2.75) is 51.4 Å². The first-order chi connectivity index (χ1) is 9.95. The molecule has 21 heavy (non-hydrogen) atoms. The summed E-state index contributed by atoms with van der Waals surface area (Å²) in [5.74, 6) is 1.54. The molecule has 118 valence electrons. The molecule has 0 aliphatic heterocycles. The van der Waals surface area contributed by atoms with Crippen molar-refractivity contribution < 1.29 is 5.11 Å². The Morgan fingerprint density at radius 3 is 2.48 bits per heavy atom. The third kappa shape index (κ3) is 2.83. The molecule has 0 bridgehead atoms. The van der Waals surface area contributed by atoms with Crippen molar-refractivity contribution in [1.29, 1.82) is 0 Å². The van der Waals surface area contributed by atoms with Gasteiger partial charge in [0, 0.05) is 7.11 Å². The third-order valence-corrected chi connectivity index (χ3v) is 6.75. The molecule has 1 nitrogen and oxygen atoms in total. The van der Waals surface area contributed by atoms with Crippen molar-refractivity contribution >= 4 is 34.8 Å². The standard InChI is InChI=1S/C16H19Cl3.CH4O/c1-9-4-3-7-16(2)11(9)6-5-10-12(16)8-13(17)15(19)14(10)18;1-2/h8-9,11H,3-7H2,1-2H3;2H,1H3. The zero-order valence-electron chi connectivity index (χ0n) is 12.8. The fourth-order valence-corrected chi connectivity index (χ4v) is 5.15. The average molecular weight is 350 g/mol. The van der Waals surface area contributed by atoms with Crippen LogP contribution in [0.4, 0.5) is 0 Å². The first kappa shape index (κ1) is 17.4. The monoisotopic (exact) mass is 348 g/mol. The summed E-state index contributed by atoms with van der Waals surface area (Å²) in [6.07, 6.45) is 6.15. The fraction of sp³-hybridized carbons (Fsp3) is 0.647. The van der Waals surface area contributed by atoms with E-state index in [0.717, 1.165) is 25.4 Å². The van der Waals surface area contributed by atoms with Crippen LogP contribution in [0.15, 0.2) is 6.07 Å². The highest BCUT2D eigenvalue weighted by atomic mass is 35.5. The van der Waals surface area contributed by atoms with Gasteiger partial charge in [0.2, 0.25) is 0 Å². The van der Waals surface area contributed by atoms with Crippen LogP contribution in [-0.2, 0) is 11.8 Å². The van der Waals surface area contributed by atoms with E-state index in [9.17, 15) is 0 Å². The van der Waals surface area contributed by atoms with Crippen molar-refractivity contribution in [3.05, 3.63) is 32.3 Å². The van der Waals surface area contributed by atoms with E-state index in [1.807, 2.05) is 0 Å². The number of aliphatic hydroxyl groups excluding tert-OH is 1. The van der Waals surface area contributed by atoms with Crippen molar-refractivity contribution in [2.24, 2.45) is 11.8 Å². The Morgan fingerprint density at radius 1 is 1.14 bits per heavy atom. The molecule has 0 heterocycles. The van der Waals surface area contributed by atoms with Gasteiger partial charge in [-0.2, -0.15) is 0 Å². The normalized spacial score (nSPS) is 30.8. The van der Waals surface area contributed by atoms with Crippen molar-refractivity contribution in [2.75, 3.05) is 7.11 Å². The van der Waals surface area contributed by atoms with E-state index in [2.05, 4.69) is 19.9 Å². The second-order valence-electron chi connectivity index (χ2n) is 6.44. The zero-order chi connectivity index (χ0) is 15.8. The average Bonchev–Trinajstić information content (AvgIpc) is 2.47. The van der Waals surface area contributed by atoms with Gasteiger partial charge in [-0.05, 0) is 53.7 Å². The van der Waals surface area contributed by atoms with Crippen LogP contribution in [0.1, 0.15) is 50.7 Å². The van der Waals surface area contributed by atoms with Crippen LogP contribution in [-0.4, -0.2) is 12.2 Å². The Kier molecular flexibility index (Phi) is 5.52. The molecule has 3 rings (SSSR count). The van der Waals surface area contributed by atoms with Gasteiger partial charge in [-0.25, -0.2) is 0 Å². The van der Waals surface area contributed by atoms with E-state index in [1.165, 1.54) is 36.8 Å². The molecular formula is C17H23Cl3O. The Labute approximate surface area is 142 Å². The van der Waals surface area contributed by atoms with E-state index in [0.29, 0.717) is 15.1 Å². The largest absolute Gasteiger partial charge is 0.400 e. The van der Waals surface area contributed by atoms with E-state index < -0.39 is 0 Å². The van der Waals surface area contributed by atoms with E-state index in [1.54, 1.807) is 0 Å². The van der Waals surface area contributed by atoms with Crippen LogP contribution in [0.2, 0.25) is 15.1 Å². The summed E-state index contributed by atoms with van der Waals surface area (Å²) in [6.45, 7) is 4.79. The van der Waals surface area contributed by atoms with E-state index >= 15 is 0 Å². The summed E-state index contributed by atoms with van der Waals surface area (Å²) in [7, 11) is 1.00. The predicted molar refractivity (Wildman–Crippen MR) is 91.8 cm³/mol. The lowest BCUT2D eigenvalue weighted by molar-refractivity contribution is 0.118. The molecule has 0 spiro atoms. The Hall–Kier alpha value is 0.0500. The lowest BCUT2D eigenvalue weighted by Gasteiger charge is -2.50. The predicted octanol–water partition coefficient (Wildman–Crippen LogP) is 5.90. The van der Waals surface area contributed by atoms with Crippen LogP contribution in [0.3, 0.4) is 0 Å². The van der Waals surface area contributed by atoms with Crippen LogP contribution < -0.4 is 0 Å². The molecule has 1 saturated carbocycles. The summed E-state index contributed by atoms with van der Waals surface area (Å²) in [4.78, 5) is 0. The second kappa shape index (κ2) is 6.66. The zero-order valence-corrected chi connectivity index (χ0v) is 15.1. The molecule has 2 aliphatic carbocycles. The van der Waals surface area contributed by atoms with Gasteiger partial charge in [-0.1, -0.05) is 61.5 Å². The summed E-state index contributed by atoms with van der Waals surface area (Å²) >= 11 is 18.9. The summed E-state index contributed by atoms with van der Waals surface area (Å²) in [5, 5.41) is 8.81. The molecule has 0 aromatic heterocycles. The maximum atomic E-state index is 7.00. The van der Waals surface area contributed by atoms with Crippen LogP contribution in [0.25, 0.3) is 0 Å². The highest BCUT2D eigenvalue weighted by Crippen LogP contribution is 2.54. The molecule has 1 fully saturated rings. The topological polar surface area (TPSA) is 20.2 Å². The number of hydrogen-bond donors (Lipinski definition) is 1. The number of fused-ring (bicyclic) bond motifs is 3. The van der Waals surface area contributed by atoms with Crippen molar-refractivity contribution in [3.63, 3.8) is 0 Å². The number of hydrogen-bond acceptors (Lipinski definition) is 1. The van der Waals surface area contributed by atoms with Gasteiger partial charge in [-0.15, -0.1) is 0 Å². The molecule has 3 atom stereocenters. The minimum absolute atomic E-state index is 0.225. The van der Waals surface area contributed by atoms with Crippen molar-refractivity contribution in [3.8, 4) is 0 Å². The fourth-order valence-electron chi connectivity index (χ4n) is 4.43. The molecule has 0 radical (unpaired) electrons. The SMILES string of the molecule is CC1CCCC2(C)c3cc(Cl)c(Cl)c(Cl)c3CCC12.CO. The summed E-state index contributed by atoms with van der Waals surface area (Å²) in [6, 6.07) is 2.08. The molecule has 0 amide bonds. The van der Waals surface area contributed by atoms with Gasteiger partial charge >= 0.3 is 0 Å². The van der Waals surface area contributed by atoms with Gasteiger partial charge in [0.05, 0.1) is 15.1 Å². The van der Waals surface area contributed by atoms with Gasteiger partial charge in [0.1, 0.15) is 0 Å². The Morgan fingerprint density at radius 2 is 1.81 bits per heavy atom. The first-order valence-electron chi connectivity index (χ1n) is 7.56. The van der Waals surface area contributed by atoms with Crippen LogP contribution in [0.5, 0.6) is 0 Å². The molecule has 1 aromatic rings. The molecule has 3 unspecified atom stereocenters. The lowest BCUT2D eigenvalue weighted by atomic mass is 9.55. The smallest absolute Gasteiger partial charge is 0.0781 e. The second-order valence-corrected chi connectivity index (χ2v) is 7.61. The number of benzene rings is 1. The number of rotatable bonds is 0. The van der Waals surface area contributed by atoms with Crippen LogP contribution in [0, 0.1) is 11.8 Å². The quantitative estimate of drug-likeness (QED) is 0.578. The molecule has 4 heteroatoms. The van der Waals surface area contributed by atoms with Gasteiger partial charge in [0.25, 0.3) is 0 Å². The third-order valence-electron chi connectivity index (χ3n) is 5.44. The van der Waals surface area contributed by atoms with Gasteiger partial charge in [-0.3, -0.25) is 0 Å². The van der Waals surface area contributed by atoms with E-state index in [-0.39, 0.29) is 5.41 Å². The minimum atomic E-state index is 0.225. The number of aliphatic hydroxyl groups is 1. The Bertz CT molecular complexity index is 529. The Balaban J connectivity index is 0.000000774. The molecule has 2 aliphatic rings. The van der Waals surface area contributed by atoms with Crippen LogP contribution >= 0.6 is 34.8 Å². The lowest BCUT2D eigenvalue weighted by Crippen LogP contribution is -2.43. The van der Waals surface area contributed by atoms with Crippen molar-refractivity contribution in [1.82, 2.24) is 0 Å². The maximum Gasteiger partial charge on any atom is 0.0781 e. The molecular weight excluding hydrogens is 327 g/mol. The van der Waals surface area contributed by atoms with E-state index in [4.69, 9.17) is 39.9 Å². The highest BCUT2D eigenvalue weighted by Gasteiger charge is 2.45. The highest BCUT2D eigenvalue weighted by molar-refractivity contribution is 6.48. The first-order valence-corrected chi connectivity index (χ1v) is 8.70. The maximum absolute atomic E-state index is 7.00. The summed E-state index contributed by atoms with van der Waals surface area (Å²) < 4.78 is 0. The van der Waals surface area contributed by atoms with Gasteiger partial charge < -0.3 is 5.11 Å². The molecule has 1 aromatic carbocycles. The summed E-state index contributed by atoms with van der Waals surface area (Å²) in [5.41, 5.74) is 2.82. The molecule has 1 N–H and O–H groups in total. The molecule has 0 saturated heterocycles. The minimum Gasteiger partial charge on any atom is -0.400 e. The number of halogens is 3.